The predicted molar refractivity (Wildman–Crippen MR) is 117 cm³/mol. The zero-order chi connectivity index (χ0) is 18.5. The minimum atomic E-state index is -1.18. The molecule has 0 heterocycles. The van der Waals surface area contributed by atoms with E-state index in [-0.39, 0.29) is 0 Å². The third kappa shape index (κ3) is 3.27. The molecule has 8 unspecified atom stereocenters. The second-order valence-electron chi connectivity index (χ2n) is 11.9. The van der Waals surface area contributed by atoms with Gasteiger partial charge in [-0.05, 0) is 65.3 Å². The number of fused-ring (bicyclic) bond motifs is 2. The van der Waals surface area contributed by atoms with Crippen LogP contribution in [0.4, 0.5) is 0 Å². The van der Waals surface area contributed by atoms with Crippen LogP contribution >= 0.6 is 0 Å². The van der Waals surface area contributed by atoms with Crippen LogP contribution in [0.15, 0.2) is 0 Å². The molecule has 4 aliphatic carbocycles. The van der Waals surface area contributed by atoms with Crippen molar-refractivity contribution < 1.29 is 0 Å². The monoisotopic (exact) mass is 374 g/mol. The molecule has 0 aromatic rings. The molecule has 0 spiro atoms. The highest BCUT2D eigenvalue weighted by Gasteiger charge is 2.56. The second kappa shape index (κ2) is 7.56. The summed E-state index contributed by atoms with van der Waals surface area (Å²) in [6.07, 6.45) is 17.3. The Kier molecular flexibility index (Phi) is 5.68. The zero-order valence-corrected chi connectivity index (χ0v) is 19.5. The van der Waals surface area contributed by atoms with Crippen LogP contribution in [0.25, 0.3) is 0 Å². The van der Waals surface area contributed by atoms with Crippen LogP contribution in [-0.4, -0.2) is 8.07 Å². The van der Waals surface area contributed by atoms with Gasteiger partial charge in [0, 0.05) is 0 Å². The first-order valence-corrected chi connectivity index (χ1v) is 15.6. The van der Waals surface area contributed by atoms with Crippen molar-refractivity contribution in [3.63, 3.8) is 0 Å². The van der Waals surface area contributed by atoms with Crippen molar-refractivity contribution in [3.8, 4) is 0 Å². The van der Waals surface area contributed by atoms with E-state index in [2.05, 4.69) is 33.9 Å². The van der Waals surface area contributed by atoms with Crippen molar-refractivity contribution >= 4 is 8.07 Å². The summed E-state index contributed by atoms with van der Waals surface area (Å²) >= 11 is 0. The SMILES string of the molecule is CC(C)C(C)C1CC([Si](C)(C)C2CCC3CCCCC32)C2CCCCC12. The highest BCUT2D eigenvalue weighted by Crippen LogP contribution is 2.64. The van der Waals surface area contributed by atoms with E-state index in [1.54, 1.807) is 57.8 Å². The topological polar surface area (TPSA) is 0 Å². The average Bonchev–Trinajstić information content (AvgIpc) is 3.23. The van der Waals surface area contributed by atoms with Crippen LogP contribution in [-0.2, 0) is 0 Å². The van der Waals surface area contributed by atoms with Gasteiger partial charge in [0.15, 0.2) is 0 Å². The van der Waals surface area contributed by atoms with Crippen molar-refractivity contribution in [2.45, 2.75) is 116 Å². The first-order chi connectivity index (χ1) is 12.4. The average molecular weight is 375 g/mol. The first kappa shape index (κ1) is 19.5. The number of hydrogen-bond acceptors (Lipinski definition) is 0. The lowest BCUT2D eigenvalue weighted by atomic mass is 9.72. The third-order valence-electron chi connectivity index (χ3n) is 10.4. The molecular formula is C25H46Si. The maximum absolute atomic E-state index is 2.87. The molecule has 0 aromatic carbocycles. The van der Waals surface area contributed by atoms with E-state index >= 15 is 0 Å². The Hall–Kier alpha value is 0.217. The van der Waals surface area contributed by atoms with Gasteiger partial charge in [-0.15, -0.1) is 0 Å². The van der Waals surface area contributed by atoms with Gasteiger partial charge in [-0.2, -0.15) is 0 Å². The summed E-state index contributed by atoms with van der Waals surface area (Å²) in [5.41, 5.74) is 2.33. The lowest BCUT2D eigenvalue weighted by Gasteiger charge is -2.45. The lowest BCUT2D eigenvalue weighted by molar-refractivity contribution is 0.159. The highest BCUT2D eigenvalue weighted by atomic mass is 28.3. The van der Waals surface area contributed by atoms with Gasteiger partial charge >= 0.3 is 0 Å². The Morgan fingerprint density at radius 3 is 1.96 bits per heavy atom. The van der Waals surface area contributed by atoms with E-state index in [1.165, 1.54) is 18.4 Å². The van der Waals surface area contributed by atoms with E-state index < -0.39 is 8.07 Å². The first-order valence-electron chi connectivity index (χ1n) is 12.4. The van der Waals surface area contributed by atoms with Crippen molar-refractivity contribution in [3.05, 3.63) is 0 Å². The third-order valence-corrected chi connectivity index (χ3v) is 15.6. The molecule has 4 fully saturated rings. The zero-order valence-electron chi connectivity index (χ0n) is 18.5. The summed E-state index contributed by atoms with van der Waals surface area (Å²) in [4.78, 5) is 0. The van der Waals surface area contributed by atoms with Gasteiger partial charge in [-0.1, -0.05) is 91.7 Å². The molecule has 150 valence electrons. The quantitative estimate of drug-likeness (QED) is 0.435. The molecule has 4 aliphatic rings. The Labute approximate surface area is 165 Å². The fourth-order valence-corrected chi connectivity index (χ4v) is 14.1. The summed E-state index contributed by atoms with van der Waals surface area (Å²) in [5, 5.41) is 0. The van der Waals surface area contributed by atoms with E-state index in [0.29, 0.717) is 0 Å². The molecule has 4 rings (SSSR count). The number of rotatable bonds is 4. The predicted octanol–water partition coefficient (Wildman–Crippen LogP) is 8.15. The van der Waals surface area contributed by atoms with Crippen LogP contribution in [0.5, 0.6) is 0 Å². The van der Waals surface area contributed by atoms with E-state index in [0.717, 1.165) is 47.0 Å². The van der Waals surface area contributed by atoms with Crippen molar-refractivity contribution in [2.75, 3.05) is 0 Å². The number of hydrogen-bond donors (Lipinski definition) is 0. The molecule has 1 heteroatoms. The molecule has 0 aromatic heterocycles. The maximum atomic E-state index is 2.87. The maximum Gasteiger partial charge on any atom is 0.0541 e. The van der Waals surface area contributed by atoms with Crippen LogP contribution in [0, 0.1) is 41.4 Å². The van der Waals surface area contributed by atoms with Crippen molar-refractivity contribution in [1.29, 1.82) is 0 Å². The summed E-state index contributed by atoms with van der Waals surface area (Å²) < 4.78 is 0. The summed E-state index contributed by atoms with van der Waals surface area (Å²) in [7, 11) is -1.18. The standard InChI is InChI=1S/C25H46Si/c1-17(2)18(3)23-16-25(22-13-9-8-12-21(22)23)26(4,5)24-15-14-19-10-6-7-11-20(19)24/h17-25H,6-16H2,1-5H3. The fraction of sp³-hybridized carbons (Fsp3) is 1.00. The molecule has 0 bridgehead atoms. The van der Waals surface area contributed by atoms with Crippen LogP contribution in [0.1, 0.15) is 91.4 Å². The second-order valence-corrected chi connectivity index (χ2v) is 17.1. The van der Waals surface area contributed by atoms with Gasteiger partial charge in [-0.25, -0.2) is 0 Å². The van der Waals surface area contributed by atoms with Crippen molar-refractivity contribution in [2.24, 2.45) is 41.4 Å². The summed E-state index contributed by atoms with van der Waals surface area (Å²) in [6.45, 7) is 13.3. The molecule has 26 heavy (non-hydrogen) atoms. The molecule has 8 atom stereocenters. The van der Waals surface area contributed by atoms with E-state index in [4.69, 9.17) is 0 Å². The van der Waals surface area contributed by atoms with E-state index in [1.807, 2.05) is 0 Å². The van der Waals surface area contributed by atoms with Gasteiger partial charge in [0.25, 0.3) is 0 Å². The summed E-state index contributed by atoms with van der Waals surface area (Å²) in [5.74, 6) is 7.38. The van der Waals surface area contributed by atoms with Crippen molar-refractivity contribution in [1.82, 2.24) is 0 Å². The Morgan fingerprint density at radius 2 is 1.27 bits per heavy atom. The van der Waals surface area contributed by atoms with Crippen LogP contribution < -0.4 is 0 Å². The molecule has 0 N–H and O–H groups in total. The van der Waals surface area contributed by atoms with E-state index in [9.17, 15) is 0 Å². The Balaban J connectivity index is 1.57. The van der Waals surface area contributed by atoms with Gasteiger partial charge in [0.05, 0.1) is 8.07 Å². The normalized spacial score (nSPS) is 44.8. The van der Waals surface area contributed by atoms with Gasteiger partial charge < -0.3 is 0 Å². The molecule has 0 aliphatic heterocycles. The van der Waals surface area contributed by atoms with Gasteiger partial charge in [-0.3, -0.25) is 0 Å². The van der Waals surface area contributed by atoms with Gasteiger partial charge in [0.1, 0.15) is 0 Å². The van der Waals surface area contributed by atoms with Gasteiger partial charge in [0.2, 0.25) is 0 Å². The largest absolute Gasteiger partial charge is 0.0689 e. The van der Waals surface area contributed by atoms with Crippen LogP contribution in [0.2, 0.25) is 24.2 Å². The molecule has 0 saturated heterocycles. The lowest BCUT2D eigenvalue weighted by Crippen LogP contribution is -2.43. The Morgan fingerprint density at radius 1 is 0.654 bits per heavy atom. The molecule has 4 saturated carbocycles. The highest BCUT2D eigenvalue weighted by molar-refractivity contribution is 6.80. The molecular weight excluding hydrogens is 328 g/mol. The molecule has 0 nitrogen and oxygen atoms in total. The summed E-state index contributed by atoms with van der Waals surface area (Å²) in [6, 6.07) is 0. The smallest absolute Gasteiger partial charge is 0.0541 e. The molecule has 0 radical (unpaired) electrons. The minimum Gasteiger partial charge on any atom is -0.0689 e. The molecule has 0 amide bonds. The van der Waals surface area contributed by atoms with Crippen LogP contribution in [0.3, 0.4) is 0 Å². The Bertz CT molecular complexity index is 481. The fourth-order valence-electron chi connectivity index (χ4n) is 8.75. The minimum absolute atomic E-state index is 0.875.